The van der Waals surface area contributed by atoms with Crippen molar-refractivity contribution in [2.75, 3.05) is 0 Å². The van der Waals surface area contributed by atoms with E-state index in [-0.39, 0.29) is 15.1 Å². The van der Waals surface area contributed by atoms with Gasteiger partial charge in [-0.2, -0.15) is 12.8 Å². The molecule has 124 valence electrons. The smallest absolute Gasteiger partial charge is 0.305 e. The Morgan fingerprint density at radius 2 is 1.83 bits per heavy atom. The first-order valence-electron chi connectivity index (χ1n) is 6.60. The Kier molecular flexibility index (Phi) is 4.63. The molecule has 0 aromatic heterocycles. The highest BCUT2D eigenvalue weighted by atomic mass is 79.9. The summed E-state index contributed by atoms with van der Waals surface area (Å²) in [4.78, 5) is 17.3. The number of rotatable bonds is 3. The molecule has 0 fully saturated rings. The van der Waals surface area contributed by atoms with Gasteiger partial charge in [-0.15, -0.1) is 0 Å². The maximum atomic E-state index is 12.4. The van der Waals surface area contributed by atoms with E-state index < -0.39 is 15.9 Å². The number of carbonyl (C=O) groups excluding carboxylic acids is 1. The summed E-state index contributed by atoms with van der Waals surface area (Å²) in [6, 6.07) is 13.0. The Morgan fingerprint density at radius 1 is 1.17 bits per heavy atom. The van der Waals surface area contributed by atoms with Gasteiger partial charge in [-0.1, -0.05) is 28.1 Å². The van der Waals surface area contributed by atoms with Crippen LogP contribution in [0.2, 0.25) is 0 Å². The van der Waals surface area contributed by atoms with Gasteiger partial charge in [0.05, 0.1) is 15.5 Å². The fraction of sp³-hybridized carbons (Fsp3) is 0. The molecule has 2 aromatic carbocycles. The van der Waals surface area contributed by atoms with Crippen LogP contribution < -0.4 is 10.6 Å². The molecule has 1 amide bonds. The van der Waals surface area contributed by atoms with Crippen LogP contribution in [-0.2, 0) is 14.8 Å². The van der Waals surface area contributed by atoms with Gasteiger partial charge in [-0.25, -0.2) is 10.8 Å². The first-order chi connectivity index (χ1) is 11.4. The number of aliphatic imine (C=N–C) groups is 1. The Labute approximate surface area is 151 Å². The fourth-order valence-electron chi connectivity index (χ4n) is 1.91. The molecule has 2 aromatic rings. The van der Waals surface area contributed by atoms with Crippen LogP contribution >= 0.6 is 27.9 Å². The molecule has 0 radical (unpaired) electrons. The number of nitrogens with two attached hydrogens (primary N) is 1. The minimum atomic E-state index is -4.17. The predicted molar refractivity (Wildman–Crippen MR) is 94.9 cm³/mol. The van der Waals surface area contributed by atoms with Crippen LogP contribution in [0.25, 0.3) is 0 Å². The second-order valence-electron chi connectivity index (χ2n) is 4.69. The molecule has 0 saturated carbocycles. The lowest BCUT2D eigenvalue weighted by atomic mass is 10.3. The molecule has 10 heteroatoms. The van der Waals surface area contributed by atoms with Gasteiger partial charge < -0.3 is 4.72 Å². The lowest BCUT2D eigenvalue weighted by molar-refractivity contribution is -0.120. The minimum Gasteiger partial charge on any atom is -0.305 e. The summed E-state index contributed by atoms with van der Waals surface area (Å²) < 4.78 is 28.5. The Balaban J connectivity index is 1.90. The van der Waals surface area contributed by atoms with Crippen molar-refractivity contribution in [3.63, 3.8) is 0 Å². The third-order valence-corrected chi connectivity index (χ3v) is 6.07. The molecule has 7 nitrogen and oxygen atoms in total. The highest BCUT2D eigenvalue weighted by molar-refractivity contribution is 9.10. The molecule has 1 aliphatic rings. The van der Waals surface area contributed by atoms with Crippen molar-refractivity contribution in [1.82, 2.24) is 9.14 Å². The van der Waals surface area contributed by atoms with Crippen LogP contribution in [0.3, 0.4) is 0 Å². The molecule has 3 rings (SSSR count). The number of nitrogens with one attached hydrogen (secondary N) is 1. The summed E-state index contributed by atoms with van der Waals surface area (Å²) in [5.41, 5.74) is 0.569. The Morgan fingerprint density at radius 3 is 2.54 bits per heavy atom. The van der Waals surface area contributed by atoms with Crippen LogP contribution in [-0.4, -0.2) is 24.6 Å². The summed E-state index contributed by atoms with van der Waals surface area (Å²) in [5, 5.41) is 0. The minimum absolute atomic E-state index is 0.0917. The number of amides is 1. The second-order valence-corrected chi connectivity index (χ2v) is 8.27. The third-order valence-electron chi connectivity index (χ3n) is 3.13. The van der Waals surface area contributed by atoms with Crippen molar-refractivity contribution < 1.29 is 13.2 Å². The average molecular weight is 427 g/mol. The molecule has 0 saturated heterocycles. The zero-order chi connectivity index (χ0) is 17.3. The van der Waals surface area contributed by atoms with Crippen molar-refractivity contribution in [2.24, 2.45) is 10.8 Å². The van der Waals surface area contributed by atoms with Crippen LogP contribution in [0.5, 0.6) is 0 Å². The first kappa shape index (κ1) is 17.0. The number of hydrazine groups is 1. The number of nitrogens with zero attached hydrogens (tertiary/aromatic N) is 2. The van der Waals surface area contributed by atoms with Crippen LogP contribution in [0, 0.1) is 0 Å². The van der Waals surface area contributed by atoms with Gasteiger partial charge in [0.15, 0.2) is 0 Å². The number of halogens is 1. The van der Waals surface area contributed by atoms with Gasteiger partial charge in [0.25, 0.3) is 10.0 Å². The number of carbonyl (C=O) groups is 1. The van der Waals surface area contributed by atoms with E-state index in [1.165, 1.54) is 24.1 Å². The summed E-state index contributed by atoms with van der Waals surface area (Å²) >= 11 is 4.38. The van der Waals surface area contributed by atoms with Crippen molar-refractivity contribution in [3.8, 4) is 0 Å². The number of para-hydroxylation sites is 1. The number of fused-ring (bicyclic) bond motifs is 1. The lowest BCUT2D eigenvalue weighted by Gasteiger charge is -2.20. The lowest BCUT2D eigenvalue weighted by Crippen LogP contribution is -2.49. The molecule has 3 N–H and O–H groups in total. The monoisotopic (exact) mass is 426 g/mol. The first-order valence-corrected chi connectivity index (χ1v) is 9.65. The summed E-state index contributed by atoms with van der Waals surface area (Å²) in [6.45, 7) is 0. The fourth-order valence-corrected chi connectivity index (χ4v) is 3.89. The van der Waals surface area contributed by atoms with E-state index in [9.17, 15) is 13.2 Å². The second kappa shape index (κ2) is 6.55. The van der Waals surface area contributed by atoms with E-state index in [4.69, 9.17) is 5.84 Å². The topological polar surface area (TPSA) is 105 Å². The van der Waals surface area contributed by atoms with Gasteiger partial charge in [0.2, 0.25) is 5.84 Å². The summed E-state index contributed by atoms with van der Waals surface area (Å²) in [5.74, 6) is 4.47. The van der Waals surface area contributed by atoms with Gasteiger partial charge in [-0.3, -0.25) is 4.79 Å². The molecular formula is C14H11BrN4O3S2. The molecule has 24 heavy (non-hydrogen) atoms. The maximum absolute atomic E-state index is 12.4. The zero-order valence-electron chi connectivity index (χ0n) is 12.0. The van der Waals surface area contributed by atoms with Gasteiger partial charge in [-0.05, 0) is 48.3 Å². The van der Waals surface area contributed by atoms with Crippen molar-refractivity contribution >= 4 is 55.3 Å². The highest BCUT2D eigenvalue weighted by Crippen LogP contribution is 2.31. The number of hydrogen-bond acceptors (Lipinski definition) is 7. The summed E-state index contributed by atoms with van der Waals surface area (Å²) in [7, 11) is -4.17. The van der Waals surface area contributed by atoms with Crippen molar-refractivity contribution in [2.45, 2.75) is 9.79 Å². The van der Waals surface area contributed by atoms with Gasteiger partial charge >= 0.3 is 5.91 Å². The molecule has 0 aliphatic carbocycles. The Bertz CT molecular complexity index is 929. The van der Waals surface area contributed by atoms with E-state index in [1.54, 1.807) is 24.3 Å². The molecule has 0 atom stereocenters. The number of benzene rings is 2. The van der Waals surface area contributed by atoms with E-state index in [0.29, 0.717) is 10.2 Å². The predicted octanol–water partition coefficient (Wildman–Crippen LogP) is 2.18. The van der Waals surface area contributed by atoms with Gasteiger partial charge in [0, 0.05) is 4.47 Å². The number of sulfonamides is 1. The molecule has 0 bridgehead atoms. The van der Waals surface area contributed by atoms with E-state index >= 15 is 0 Å². The normalized spacial score (nSPS) is 13.5. The van der Waals surface area contributed by atoms with Crippen molar-refractivity contribution in [1.29, 1.82) is 0 Å². The maximum Gasteiger partial charge on any atom is 0.318 e. The van der Waals surface area contributed by atoms with Crippen molar-refractivity contribution in [3.05, 3.63) is 53.0 Å². The standard InChI is InChI=1S/C14H11BrN4O3S2/c15-9-5-7-10(8-6-9)24(21,22)19(16)14(20)13-17-11-3-1-2-4-12(11)23-18-13/h1-8H,16H2,(H,17,18). The number of amidine groups is 1. The quantitative estimate of drug-likeness (QED) is 0.337. The highest BCUT2D eigenvalue weighted by Gasteiger charge is 2.31. The third kappa shape index (κ3) is 3.18. The average Bonchev–Trinajstić information content (AvgIpc) is 2.60. The van der Waals surface area contributed by atoms with Crippen LogP contribution in [0.1, 0.15) is 0 Å². The van der Waals surface area contributed by atoms with Gasteiger partial charge in [0.1, 0.15) is 0 Å². The number of hydrogen-bond donors (Lipinski definition) is 2. The molecule has 0 spiro atoms. The van der Waals surface area contributed by atoms with Crippen LogP contribution in [0.15, 0.2) is 67.8 Å². The van der Waals surface area contributed by atoms with Crippen LogP contribution in [0.4, 0.5) is 5.69 Å². The Hall–Kier alpha value is -1.88. The SMILES string of the molecule is NN(C(=O)C1=Nc2ccccc2SN1)S(=O)(=O)c1ccc(Br)cc1. The molecular weight excluding hydrogens is 416 g/mol. The molecule has 1 aliphatic heterocycles. The zero-order valence-corrected chi connectivity index (χ0v) is 15.2. The summed E-state index contributed by atoms with van der Waals surface area (Å²) in [6.07, 6.45) is 0. The molecule has 1 heterocycles. The van der Waals surface area contributed by atoms with E-state index in [0.717, 1.165) is 4.90 Å². The molecule has 0 unspecified atom stereocenters. The largest absolute Gasteiger partial charge is 0.318 e. The van der Waals surface area contributed by atoms with E-state index in [1.807, 2.05) is 12.1 Å². The van der Waals surface area contributed by atoms with E-state index in [2.05, 4.69) is 25.6 Å².